The van der Waals surface area contributed by atoms with E-state index in [9.17, 15) is 5.11 Å². The fraction of sp³-hybridized carbons (Fsp3) is 0.308. The third-order valence-corrected chi connectivity index (χ3v) is 2.93. The number of hydrogen-bond acceptors (Lipinski definition) is 3. The number of rotatable bonds is 1. The summed E-state index contributed by atoms with van der Waals surface area (Å²) >= 11 is 0. The highest BCUT2D eigenvalue weighted by atomic mass is 16.4. The lowest BCUT2D eigenvalue weighted by atomic mass is 9.99. The molecule has 0 aliphatic heterocycles. The average molecular weight is 215 g/mol. The fourth-order valence-electron chi connectivity index (χ4n) is 2.06. The second kappa shape index (κ2) is 3.76. The fourth-order valence-corrected chi connectivity index (χ4v) is 2.06. The van der Waals surface area contributed by atoms with E-state index in [2.05, 4.69) is 4.98 Å². The molecule has 0 saturated heterocycles. The zero-order valence-electron chi connectivity index (χ0n) is 8.89. The van der Waals surface area contributed by atoms with Crippen LogP contribution in [-0.4, -0.2) is 16.2 Å². The van der Waals surface area contributed by atoms with Gasteiger partial charge in [-0.05, 0) is 25.0 Å². The first-order chi connectivity index (χ1) is 7.83. The van der Waals surface area contributed by atoms with Gasteiger partial charge in [-0.1, -0.05) is 18.2 Å². The van der Waals surface area contributed by atoms with E-state index in [4.69, 9.17) is 4.42 Å². The lowest BCUT2D eigenvalue weighted by molar-refractivity contribution is 0.150. The minimum atomic E-state index is -0.274. The number of hydrogen-bond donors (Lipinski definition) is 1. The SMILES string of the molecule is OC1CCc2nc(-c3ccccc3)oc2C1. The minimum absolute atomic E-state index is 0.274. The molecule has 0 radical (unpaired) electrons. The van der Waals surface area contributed by atoms with Gasteiger partial charge in [0.15, 0.2) is 0 Å². The maximum absolute atomic E-state index is 9.55. The smallest absolute Gasteiger partial charge is 0.226 e. The van der Waals surface area contributed by atoms with Gasteiger partial charge in [0.1, 0.15) is 5.76 Å². The third-order valence-electron chi connectivity index (χ3n) is 2.93. The molecule has 1 aromatic heterocycles. The predicted molar refractivity (Wildman–Crippen MR) is 60.0 cm³/mol. The minimum Gasteiger partial charge on any atom is -0.441 e. The van der Waals surface area contributed by atoms with Crippen LogP contribution in [0.1, 0.15) is 17.9 Å². The number of aliphatic hydroxyl groups is 1. The molecule has 1 aliphatic carbocycles. The standard InChI is InChI=1S/C13H13NO2/c15-10-6-7-11-12(8-10)16-13(14-11)9-4-2-1-3-5-9/h1-5,10,15H,6-8H2. The Morgan fingerprint density at radius 3 is 2.88 bits per heavy atom. The van der Waals surface area contributed by atoms with E-state index in [1.54, 1.807) is 0 Å². The second-order valence-electron chi connectivity index (χ2n) is 4.15. The molecule has 1 N–H and O–H groups in total. The van der Waals surface area contributed by atoms with Crippen LogP contribution in [0.25, 0.3) is 11.5 Å². The summed E-state index contributed by atoms with van der Waals surface area (Å²) in [5, 5.41) is 9.55. The summed E-state index contributed by atoms with van der Waals surface area (Å²) in [7, 11) is 0. The maximum atomic E-state index is 9.55. The Morgan fingerprint density at radius 2 is 2.06 bits per heavy atom. The molecule has 1 atom stereocenters. The molecule has 3 heteroatoms. The van der Waals surface area contributed by atoms with E-state index in [1.165, 1.54) is 0 Å². The highest BCUT2D eigenvalue weighted by Gasteiger charge is 2.22. The Morgan fingerprint density at radius 1 is 1.25 bits per heavy atom. The molecule has 3 rings (SSSR count). The second-order valence-corrected chi connectivity index (χ2v) is 4.15. The Hall–Kier alpha value is -1.61. The molecular weight excluding hydrogens is 202 g/mol. The summed E-state index contributed by atoms with van der Waals surface area (Å²) in [5.41, 5.74) is 2.00. The number of aryl methyl sites for hydroxylation is 1. The van der Waals surface area contributed by atoms with Crippen LogP contribution in [0.4, 0.5) is 0 Å². The van der Waals surface area contributed by atoms with Gasteiger partial charge >= 0.3 is 0 Å². The summed E-state index contributed by atoms with van der Waals surface area (Å²) in [5.74, 6) is 1.51. The van der Waals surface area contributed by atoms with Crippen LogP contribution in [0.2, 0.25) is 0 Å². The van der Waals surface area contributed by atoms with Gasteiger partial charge in [0.05, 0.1) is 11.8 Å². The van der Waals surface area contributed by atoms with Crippen LogP contribution in [0, 0.1) is 0 Å². The van der Waals surface area contributed by atoms with Crippen molar-refractivity contribution in [3.8, 4) is 11.5 Å². The van der Waals surface area contributed by atoms with Crippen LogP contribution in [-0.2, 0) is 12.8 Å². The quantitative estimate of drug-likeness (QED) is 0.793. The Bertz CT molecular complexity index is 490. The van der Waals surface area contributed by atoms with E-state index in [1.807, 2.05) is 30.3 Å². The summed E-state index contributed by atoms with van der Waals surface area (Å²) in [4.78, 5) is 4.48. The summed E-state index contributed by atoms with van der Waals surface area (Å²) < 4.78 is 5.69. The van der Waals surface area contributed by atoms with Crippen molar-refractivity contribution in [2.45, 2.75) is 25.4 Å². The molecule has 0 amide bonds. The van der Waals surface area contributed by atoms with Gasteiger partial charge in [0, 0.05) is 12.0 Å². The normalized spacial score (nSPS) is 19.4. The topological polar surface area (TPSA) is 46.3 Å². The zero-order chi connectivity index (χ0) is 11.0. The monoisotopic (exact) mass is 215 g/mol. The summed E-state index contributed by atoms with van der Waals surface area (Å²) in [6.45, 7) is 0. The van der Waals surface area contributed by atoms with Gasteiger partial charge in [-0.25, -0.2) is 4.98 Å². The van der Waals surface area contributed by atoms with Crippen molar-refractivity contribution >= 4 is 0 Å². The summed E-state index contributed by atoms with van der Waals surface area (Å²) in [6, 6.07) is 9.86. The largest absolute Gasteiger partial charge is 0.441 e. The molecule has 0 spiro atoms. The Kier molecular flexibility index (Phi) is 2.26. The Labute approximate surface area is 93.8 Å². The first-order valence-corrected chi connectivity index (χ1v) is 5.55. The molecule has 0 bridgehead atoms. The molecule has 16 heavy (non-hydrogen) atoms. The van der Waals surface area contributed by atoms with E-state index < -0.39 is 0 Å². The molecule has 1 aliphatic rings. The van der Waals surface area contributed by atoms with Crippen molar-refractivity contribution in [1.82, 2.24) is 4.98 Å². The van der Waals surface area contributed by atoms with Gasteiger partial charge in [0.2, 0.25) is 5.89 Å². The van der Waals surface area contributed by atoms with Crippen LogP contribution in [0.15, 0.2) is 34.7 Å². The van der Waals surface area contributed by atoms with Crippen molar-refractivity contribution in [1.29, 1.82) is 0 Å². The highest BCUT2D eigenvalue weighted by Crippen LogP contribution is 2.27. The highest BCUT2D eigenvalue weighted by molar-refractivity contribution is 5.53. The summed E-state index contributed by atoms with van der Waals surface area (Å²) in [6.07, 6.45) is 1.92. The van der Waals surface area contributed by atoms with Crippen molar-refractivity contribution < 1.29 is 9.52 Å². The lowest BCUT2D eigenvalue weighted by Gasteiger charge is -2.13. The van der Waals surface area contributed by atoms with Crippen LogP contribution < -0.4 is 0 Å². The van der Waals surface area contributed by atoms with Crippen molar-refractivity contribution in [2.75, 3.05) is 0 Å². The number of fused-ring (bicyclic) bond motifs is 1. The van der Waals surface area contributed by atoms with Crippen LogP contribution in [0.5, 0.6) is 0 Å². The lowest BCUT2D eigenvalue weighted by Crippen LogP contribution is -2.17. The number of aromatic nitrogens is 1. The molecule has 2 aromatic rings. The first-order valence-electron chi connectivity index (χ1n) is 5.55. The first kappa shape index (κ1) is 9.60. The van der Waals surface area contributed by atoms with Gasteiger partial charge in [0.25, 0.3) is 0 Å². The Balaban J connectivity index is 1.99. The third kappa shape index (κ3) is 1.63. The molecule has 3 nitrogen and oxygen atoms in total. The van der Waals surface area contributed by atoms with Crippen molar-refractivity contribution in [3.05, 3.63) is 41.8 Å². The number of oxazole rings is 1. The molecule has 1 unspecified atom stereocenters. The van der Waals surface area contributed by atoms with Crippen LogP contribution in [0.3, 0.4) is 0 Å². The maximum Gasteiger partial charge on any atom is 0.226 e. The molecular formula is C13H13NO2. The van der Waals surface area contributed by atoms with Gasteiger partial charge < -0.3 is 9.52 Å². The van der Waals surface area contributed by atoms with Crippen LogP contribution >= 0.6 is 0 Å². The average Bonchev–Trinajstić information content (AvgIpc) is 2.73. The molecule has 1 heterocycles. The van der Waals surface area contributed by atoms with Gasteiger partial charge in [-0.2, -0.15) is 0 Å². The zero-order valence-corrected chi connectivity index (χ0v) is 8.89. The predicted octanol–water partition coefficient (Wildman–Crippen LogP) is 2.19. The number of nitrogens with zero attached hydrogens (tertiary/aromatic N) is 1. The molecule has 1 aromatic carbocycles. The molecule has 82 valence electrons. The number of aliphatic hydroxyl groups excluding tert-OH is 1. The van der Waals surface area contributed by atoms with Gasteiger partial charge in [-0.3, -0.25) is 0 Å². The molecule has 0 saturated carbocycles. The van der Waals surface area contributed by atoms with Crippen molar-refractivity contribution in [2.24, 2.45) is 0 Å². The van der Waals surface area contributed by atoms with E-state index >= 15 is 0 Å². The van der Waals surface area contributed by atoms with E-state index in [-0.39, 0.29) is 6.10 Å². The van der Waals surface area contributed by atoms with Gasteiger partial charge in [-0.15, -0.1) is 0 Å². The van der Waals surface area contributed by atoms with E-state index in [0.717, 1.165) is 29.9 Å². The van der Waals surface area contributed by atoms with Crippen molar-refractivity contribution in [3.63, 3.8) is 0 Å². The van der Waals surface area contributed by atoms with E-state index in [0.29, 0.717) is 12.3 Å². The molecule has 0 fully saturated rings. The number of benzene rings is 1.